The lowest BCUT2D eigenvalue weighted by Crippen LogP contribution is -2.35. The predicted molar refractivity (Wildman–Crippen MR) is 97.8 cm³/mol. The van der Waals surface area contributed by atoms with Crippen LogP contribution in [0.2, 0.25) is 0 Å². The van der Waals surface area contributed by atoms with Crippen LogP contribution in [-0.4, -0.2) is 35.1 Å². The molecule has 0 spiro atoms. The van der Waals surface area contributed by atoms with Crippen molar-refractivity contribution in [2.24, 2.45) is 0 Å². The minimum absolute atomic E-state index is 0.0578. The van der Waals surface area contributed by atoms with Crippen LogP contribution in [0.25, 0.3) is 0 Å². The minimum atomic E-state index is -1.16. The Kier molecular flexibility index (Phi) is 7.44. The highest BCUT2D eigenvalue weighted by atomic mass is 16.5. The van der Waals surface area contributed by atoms with Gasteiger partial charge in [0.15, 0.2) is 0 Å². The molecule has 2 aromatic rings. The monoisotopic (exact) mass is 359 g/mol. The molecular weight excluding hydrogens is 334 g/mol. The maximum atomic E-state index is 11.7. The topological polar surface area (TPSA) is 88.0 Å². The number of benzene rings is 2. The largest absolute Gasteiger partial charge is 0.491 e. The lowest BCUT2D eigenvalue weighted by Gasteiger charge is -2.19. The molecule has 0 saturated carbocycles. The Labute approximate surface area is 153 Å². The van der Waals surface area contributed by atoms with Crippen molar-refractivity contribution in [2.45, 2.75) is 38.8 Å². The van der Waals surface area contributed by atoms with Crippen LogP contribution in [0.15, 0.2) is 54.6 Å². The zero-order valence-corrected chi connectivity index (χ0v) is 15.0. The Morgan fingerprint density at radius 3 is 2.31 bits per heavy atom. The smallest absolute Gasteiger partial charge is 0.407 e. The van der Waals surface area contributed by atoms with E-state index in [0.717, 1.165) is 5.56 Å². The number of aliphatic hydroxyl groups excluding tert-OH is 2. The van der Waals surface area contributed by atoms with Crippen LogP contribution < -0.4 is 10.1 Å². The number of carbonyl (C=O) groups excluding carboxylic acids is 1. The Balaban J connectivity index is 1.77. The highest BCUT2D eigenvalue weighted by molar-refractivity contribution is 5.67. The van der Waals surface area contributed by atoms with Crippen molar-refractivity contribution in [3.8, 4) is 5.75 Å². The predicted octanol–water partition coefficient (Wildman–Crippen LogP) is 2.79. The molecule has 2 aromatic carbocycles. The zero-order chi connectivity index (χ0) is 18.9. The molecule has 0 bridgehead atoms. The molecule has 0 aliphatic heterocycles. The lowest BCUT2D eigenvalue weighted by molar-refractivity contribution is 0.0183. The molecule has 2 unspecified atom stereocenters. The van der Waals surface area contributed by atoms with Gasteiger partial charge in [0.2, 0.25) is 0 Å². The molecule has 0 heterocycles. The minimum Gasteiger partial charge on any atom is -0.491 e. The number of nitrogens with one attached hydrogen (secondary N) is 1. The number of carbonyl (C=O) groups is 1. The van der Waals surface area contributed by atoms with Gasteiger partial charge in [-0.25, -0.2) is 4.79 Å². The molecule has 0 aliphatic rings. The van der Waals surface area contributed by atoms with Gasteiger partial charge in [-0.3, -0.25) is 0 Å². The fourth-order valence-corrected chi connectivity index (χ4v) is 2.31. The van der Waals surface area contributed by atoms with Gasteiger partial charge in [-0.15, -0.1) is 0 Å². The second-order valence-corrected chi connectivity index (χ2v) is 6.19. The van der Waals surface area contributed by atoms with Crippen molar-refractivity contribution in [2.75, 3.05) is 6.54 Å². The van der Waals surface area contributed by atoms with Crippen molar-refractivity contribution < 1.29 is 24.5 Å². The molecule has 140 valence electrons. The summed E-state index contributed by atoms with van der Waals surface area (Å²) in [4.78, 5) is 11.7. The molecule has 0 radical (unpaired) electrons. The number of aliphatic hydroxyl groups is 2. The van der Waals surface area contributed by atoms with Gasteiger partial charge < -0.3 is 25.0 Å². The van der Waals surface area contributed by atoms with E-state index < -0.39 is 18.3 Å². The number of ether oxygens (including phenoxy) is 2. The summed E-state index contributed by atoms with van der Waals surface area (Å²) in [6.45, 7) is 3.87. The number of hydrogen-bond acceptors (Lipinski definition) is 5. The van der Waals surface area contributed by atoms with Crippen LogP contribution in [0, 0.1) is 0 Å². The van der Waals surface area contributed by atoms with Gasteiger partial charge in [-0.2, -0.15) is 0 Å². The molecule has 0 fully saturated rings. The summed E-state index contributed by atoms with van der Waals surface area (Å²) in [5, 5.41) is 22.7. The fraction of sp³-hybridized carbons (Fsp3) is 0.350. The molecule has 1 amide bonds. The summed E-state index contributed by atoms with van der Waals surface area (Å²) in [6, 6.07) is 16.1. The average molecular weight is 359 g/mol. The first kappa shape index (κ1) is 19.8. The van der Waals surface area contributed by atoms with Gasteiger partial charge >= 0.3 is 6.09 Å². The van der Waals surface area contributed by atoms with Gasteiger partial charge in [0.1, 0.15) is 24.6 Å². The maximum absolute atomic E-state index is 11.7. The summed E-state index contributed by atoms with van der Waals surface area (Å²) in [7, 11) is 0. The first-order chi connectivity index (χ1) is 12.5. The third kappa shape index (κ3) is 6.38. The quantitative estimate of drug-likeness (QED) is 0.674. The third-order valence-electron chi connectivity index (χ3n) is 3.63. The second-order valence-electron chi connectivity index (χ2n) is 6.19. The SMILES string of the molecule is CC(C)Oc1ccc(C(O)C(O)CNC(=O)OCc2ccccc2)cc1. The van der Waals surface area contributed by atoms with Crippen LogP contribution >= 0.6 is 0 Å². The van der Waals surface area contributed by atoms with E-state index in [1.807, 2.05) is 44.2 Å². The van der Waals surface area contributed by atoms with Crippen LogP contribution in [-0.2, 0) is 11.3 Å². The Morgan fingerprint density at radius 2 is 1.69 bits per heavy atom. The Hall–Kier alpha value is -2.57. The molecule has 2 atom stereocenters. The lowest BCUT2D eigenvalue weighted by atomic mass is 10.0. The van der Waals surface area contributed by atoms with Gasteiger partial charge in [-0.1, -0.05) is 42.5 Å². The van der Waals surface area contributed by atoms with Gasteiger partial charge in [0.05, 0.1) is 6.10 Å². The van der Waals surface area contributed by atoms with E-state index in [9.17, 15) is 15.0 Å². The molecule has 3 N–H and O–H groups in total. The van der Waals surface area contributed by atoms with Gasteiger partial charge in [0, 0.05) is 6.54 Å². The highest BCUT2D eigenvalue weighted by Gasteiger charge is 2.19. The number of alkyl carbamates (subject to hydrolysis) is 1. The van der Waals surface area contributed by atoms with Crippen molar-refractivity contribution in [1.29, 1.82) is 0 Å². The number of hydrogen-bond donors (Lipinski definition) is 3. The van der Waals surface area contributed by atoms with Crippen molar-refractivity contribution >= 4 is 6.09 Å². The van der Waals surface area contributed by atoms with E-state index in [1.165, 1.54) is 0 Å². The van der Waals surface area contributed by atoms with E-state index >= 15 is 0 Å². The molecular formula is C20H25NO5. The maximum Gasteiger partial charge on any atom is 0.407 e. The molecule has 0 aromatic heterocycles. The summed E-state index contributed by atoms with van der Waals surface area (Å²) in [5.41, 5.74) is 1.40. The number of amides is 1. The van der Waals surface area contributed by atoms with Gasteiger partial charge in [-0.05, 0) is 37.1 Å². The van der Waals surface area contributed by atoms with Crippen LogP contribution in [0.4, 0.5) is 4.79 Å². The van der Waals surface area contributed by atoms with E-state index in [2.05, 4.69) is 5.32 Å². The summed E-state index contributed by atoms with van der Waals surface area (Å²) < 4.78 is 10.6. The van der Waals surface area contributed by atoms with Crippen LogP contribution in [0.1, 0.15) is 31.1 Å². The van der Waals surface area contributed by atoms with Crippen molar-refractivity contribution in [3.05, 3.63) is 65.7 Å². The summed E-state index contributed by atoms with van der Waals surface area (Å²) in [6.07, 6.45) is -2.88. The van der Waals surface area contributed by atoms with E-state index in [0.29, 0.717) is 11.3 Å². The average Bonchev–Trinajstić information content (AvgIpc) is 2.65. The van der Waals surface area contributed by atoms with Crippen molar-refractivity contribution in [3.63, 3.8) is 0 Å². The van der Waals surface area contributed by atoms with Crippen LogP contribution in [0.3, 0.4) is 0 Å². The Bertz CT molecular complexity index is 672. The molecule has 0 saturated heterocycles. The fourth-order valence-electron chi connectivity index (χ4n) is 2.31. The highest BCUT2D eigenvalue weighted by Crippen LogP contribution is 2.21. The standard InChI is InChI=1S/C20H25NO5/c1-14(2)26-17-10-8-16(9-11-17)19(23)18(22)12-21-20(24)25-13-15-6-4-3-5-7-15/h3-11,14,18-19,22-23H,12-13H2,1-2H3,(H,21,24). The molecule has 6 heteroatoms. The van der Waals surface area contributed by atoms with Gasteiger partial charge in [0.25, 0.3) is 0 Å². The van der Waals surface area contributed by atoms with E-state index in [-0.39, 0.29) is 19.3 Å². The second kappa shape index (κ2) is 9.79. The third-order valence-corrected chi connectivity index (χ3v) is 3.63. The summed E-state index contributed by atoms with van der Waals surface area (Å²) in [5.74, 6) is 0.688. The van der Waals surface area contributed by atoms with Crippen molar-refractivity contribution in [1.82, 2.24) is 5.32 Å². The van der Waals surface area contributed by atoms with E-state index in [1.54, 1.807) is 24.3 Å². The molecule has 2 rings (SSSR count). The molecule has 26 heavy (non-hydrogen) atoms. The van der Waals surface area contributed by atoms with E-state index in [4.69, 9.17) is 9.47 Å². The first-order valence-corrected chi connectivity index (χ1v) is 8.53. The summed E-state index contributed by atoms with van der Waals surface area (Å²) >= 11 is 0. The first-order valence-electron chi connectivity index (χ1n) is 8.53. The molecule has 0 aliphatic carbocycles. The normalized spacial score (nSPS) is 13.1. The molecule has 6 nitrogen and oxygen atoms in total. The Morgan fingerprint density at radius 1 is 1.04 bits per heavy atom. The number of rotatable bonds is 8. The van der Waals surface area contributed by atoms with Crippen LogP contribution in [0.5, 0.6) is 5.75 Å². The zero-order valence-electron chi connectivity index (χ0n) is 15.0.